The summed E-state index contributed by atoms with van der Waals surface area (Å²) in [7, 11) is -3.72. The number of nitrogens with two attached hydrogens (primary N) is 1. The first-order valence-electron chi connectivity index (χ1n) is 4.60. The van der Waals surface area contributed by atoms with Crippen LogP contribution in [0.25, 0.3) is 0 Å². The molecule has 17 heavy (non-hydrogen) atoms. The summed E-state index contributed by atoms with van der Waals surface area (Å²) in [6.07, 6.45) is 0. The molecular weight excluding hydrogens is 263 g/mol. The van der Waals surface area contributed by atoms with Crippen LogP contribution in [-0.2, 0) is 10.0 Å². The van der Waals surface area contributed by atoms with Crippen LogP contribution in [0, 0.1) is 5.82 Å². The van der Waals surface area contributed by atoms with Gasteiger partial charge < -0.3 is 5.73 Å². The van der Waals surface area contributed by atoms with Gasteiger partial charge in [-0.15, -0.1) is 11.3 Å². The first kappa shape index (κ1) is 11.9. The summed E-state index contributed by atoms with van der Waals surface area (Å²) >= 11 is 1.06. The molecular formula is C10H9FN2O2S2. The van der Waals surface area contributed by atoms with Crippen molar-refractivity contribution >= 4 is 32.7 Å². The predicted molar refractivity (Wildman–Crippen MR) is 65.9 cm³/mol. The number of hydrogen-bond acceptors (Lipinski definition) is 4. The summed E-state index contributed by atoms with van der Waals surface area (Å²) in [4.78, 5) is 0. The summed E-state index contributed by atoms with van der Waals surface area (Å²) in [5.74, 6) is -0.704. The zero-order valence-corrected chi connectivity index (χ0v) is 10.2. The summed E-state index contributed by atoms with van der Waals surface area (Å²) in [6.45, 7) is 0. The Bertz CT molecular complexity index is 624. The summed E-state index contributed by atoms with van der Waals surface area (Å²) < 4.78 is 39.3. The van der Waals surface area contributed by atoms with Crippen LogP contribution in [0.5, 0.6) is 0 Å². The molecule has 90 valence electrons. The third kappa shape index (κ3) is 2.56. The molecule has 0 aliphatic carbocycles. The SMILES string of the molecule is Nc1ccc(NS(=O)(=O)c2cccs2)c(F)c1. The van der Waals surface area contributed by atoms with Crippen LogP contribution >= 0.6 is 11.3 Å². The Morgan fingerprint density at radius 2 is 2.06 bits per heavy atom. The second kappa shape index (κ2) is 4.34. The fourth-order valence-electron chi connectivity index (χ4n) is 1.23. The molecule has 2 rings (SSSR count). The lowest BCUT2D eigenvalue weighted by Crippen LogP contribution is -2.12. The van der Waals surface area contributed by atoms with Gasteiger partial charge in [0.15, 0.2) is 0 Å². The van der Waals surface area contributed by atoms with Crippen LogP contribution in [0.3, 0.4) is 0 Å². The van der Waals surface area contributed by atoms with Gasteiger partial charge in [-0.1, -0.05) is 6.07 Å². The minimum Gasteiger partial charge on any atom is -0.399 e. The molecule has 0 amide bonds. The fourth-order valence-corrected chi connectivity index (χ4v) is 3.29. The lowest BCUT2D eigenvalue weighted by molar-refractivity contribution is 0.600. The highest BCUT2D eigenvalue weighted by Crippen LogP contribution is 2.23. The van der Waals surface area contributed by atoms with Crippen LogP contribution in [-0.4, -0.2) is 8.42 Å². The topological polar surface area (TPSA) is 72.2 Å². The van der Waals surface area contributed by atoms with Gasteiger partial charge in [0.25, 0.3) is 10.0 Å². The molecule has 0 atom stereocenters. The van der Waals surface area contributed by atoms with Crippen LogP contribution in [0.2, 0.25) is 0 Å². The highest BCUT2D eigenvalue weighted by atomic mass is 32.2. The van der Waals surface area contributed by atoms with Crippen LogP contribution in [0.4, 0.5) is 15.8 Å². The Morgan fingerprint density at radius 3 is 2.65 bits per heavy atom. The molecule has 1 aromatic heterocycles. The number of anilines is 2. The van der Waals surface area contributed by atoms with E-state index >= 15 is 0 Å². The molecule has 0 aliphatic heterocycles. The van der Waals surface area contributed by atoms with E-state index in [1.807, 2.05) is 0 Å². The van der Waals surface area contributed by atoms with Crippen molar-refractivity contribution in [3.05, 3.63) is 41.5 Å². The molecule has 0 unspecified atom stereocenters. The quantitative estimate of drug-likeness (QED) is 0.842. The Morgan fingerprint density at radius 1 is 1.29 bits per heavy atom. The Balaban J connectivity index is 2.33. The van der Waals surface area contributed by atoms with E-state index in [4.69, 9.17) is 5.73 Å². The number of benzene rings is 1. The molecule has 0 saturated heterocycles. The van der Waals surface area contributed by atoms with E-state index in [1.54, 1.807) is 11.4 Å². The zero-order chi connectivity index (χ0) is 12.5. The number of hydrogen-bond donors (Lipinski definition) is 2. The molecule has 1 aromatic carbocycles. The molecule has 7 heteroatoms. The van der Waals surface area contributed by atoms with E-state index in [2.05, 4.69) is 4.72 Å². The number of halogens is 1. The second-order valence-corrected chi connectivity index (χ2v) is 6.13. The average molecular weight is 272 g/mol. The fraction of sp³-hybridized carbons (Fsp3) is 0. The van der Waals surface area contributed by atoms with E-state index in [0.29, 0.717) is 0 Å². The molecule has 0 bridgehead atoms. The van der Waals surface area contributed by atoms with E-state index in [0.717, 1.165) is 17.4 Å². The largest absolute Gasteiger partial charge is 0.399 e. The van der Waals surface area contributed by atoms with E-state index in [9.17, 15) is 12.8 Å². The van der Waals surface area contributed by atoms with Crippen molar-refractivity contribution in [2.45, 2.75) is 4.21 Å². The van der Waals surface area contributed by atoms with E-state index < -0.39 is 15.8 Å². The Hall–Kier alpha value is -1.60. The molecule has 0 radical (unpaired) electrons. The molecule has 0 fully saturated rings. The van der Waals surface area contributed by atoms with Crippen molar-refractivity contribution in [1.82, 2.24) is 0 Å². The lowest BCUT2D eigenvalue weighted by Gasteiger charge is -2.07. The standard InChI is InChI=1S/C10H9FN2O2S2/c11-8-6-7(12)3-4-9(8)13-17(14,15)10-2-1-5-16-10/h1-6,13H,12H2. The molecule has 0 saturated carbocycles. The summed E-state index contributed by atoms with van der Waals surface area (Å²) in [5.41, 5.74) is 5.49. The van der Waals surface area contributed by atoms with Crippen molar-refractivity contribution < 1.29 is 12.8 Å². The van der Waals surface area contributed by atoms with Gasteiger partial charge >= 0.3 is 0 Å². The number of nitrogen functional groups attached to an aromatic ring is 1. The first-order chi connectivity index (χ1) is 7.99. The van der Waals surface area contributed by atoms with Crippen molar-refractivity contribution in [3.8, 4) is 0 Å². The Labute approximate surface area is 102 Å². The maximum atomic E-state index is 13.4. The van der Waals surface area contributed by atoms with E-state index in [1.165, 1.54) is 18.2 Å². The number of nitrogens with one attached hydrogen (secondary N) is 1. The van der Waals surface area contributed by atoms with Crippen molar-refractivity contribution in [3.63, 3.8) is 0 Å². The smallest absolute Gasteiger partial charge is 0.271 e. The third-order valence-corrected chi connectivity index (χ3v) is 4.76. The highest BCUT2D eigenvalue weighted by Gasteiger charge is 2.16. The van der Waals surface area contributed by atoms with Crippen LogP contribution in [0.1, 0.15) is 0 Å². The van der Waals surface area contributed by atoms with Gasteiger partial charge in [0.1, 0.15) is 10.0 Å². The van der Waals surface area contributed by atoms with Crippen LogP contribution in [0.15, 0.2) is 39.9 Å². The van der Waals surface area contributed by atoms with E-state index in [-0.39, 0.29) is 15.6 Å². The van der Waals surface area contributed by atoms with Crippen LogP contribution < -0.4 is 10.5 Å². The van der Waals surface area contributed by atoms with Gasteiger partial charge in [-0.3, -0.25) is 4.72 Å². The molecule has 0 aliphatic rings. The first-order valence-corrected chi connectivity index (χ1v) is 6.97. The van der Waals surface area contributed by atoms with Crippen molar-refractivity contribution in [2.24, 2.45) is 0 Å². The molecule has 0 spiro atoms. The predicted octanol–water partition coefficient (Wildman–Crippen LogP) is 2.27. The molecule has 1 heterocycles. The maximum absolute atomic E-state index is 13.4. The van der Waals surface area contributed by atoms with Gasteiger partial charge in [-0.25, -0.2) is 12.8 Å². The average Bonchev–Trinajstić information content (AvgIpc) is 2.76. The number of rotatable bonds is 3. The third-order valence-electron chi connectivity index (χ3n) is 2.00. The van der Waals surface area contributed by atoms with Gasteiger partial charge in [-0.2, -0.15) is 0 Å². The highest BCUT2D eigenvalue weighted by molar-refractivity contribution is 7.94. The summed E-state index contributed by atoms with van der Waals surface area (Å²) in [6, 6.07) is 6.83. The minimum absolute atomic E-state index is 0.118. The monoisotopic (exact) mass is 272 g/mol. The lowest BCUT2D eigenvalue weighted by atomic mass is 10.3. The number of sulfonamides is 1. The number of thiophene rings is 1. The van der Waals surface area contributed by atoms with Gasteiger partial charge in [0.2, 0.25) is 0 Å². The minimum atomic E-state index is -3.72. The molecule has 3 N–H and O–H groups in total. The van der Waals surface area contributed by atoms with Crippen molar-refractivity contribution in [2.75, 3.05) is 10.5 Å². The summed E-state index contributed by atoms with van der Waals surface area (Å²) in [5, 5.41) is 1.63. The zero-order valence-electron chi connectivity index (χ0n) is 8.55. The second-order valence-electron chi connectivity index (χ2n) is 3.28. The van der Waals surface area contributed by atoms with Gasteiger partial charge in [-0.05, 0) is 29.6 Å². The molecule has 4 nitrogen and oxygen atoms in total. The van der Waals surface area contributed by atoms with Gasteiger partial charge in [0, 0.05) is 5.69 Å². The maximum Gasteiger partial charge on any atom is 0.271 e. The van der Waals surface area contributed by atoms with Gasteiger partial charge in [0.05, 0.1) is 5.69 Å². The normalized spacial score (nSPS) is 11.4. The van der Waals surface area contributed by atoms with Crippen molar-refractivity contribution in [1.29, 1.82) is 0 Å². The Kier molecular flexibility index (Phi) is 3.03. The molecule has 2 aromatic rings.